The van der Waals surface area contributed by atoms with Gasteiger partial charge < -0.3 is 4.74 Å². The first-order valence-corrected chi connectivity index (χ1v) is 8.96. The van der Waals surface area contributed by atoms with E-state index in [4.69, 9.17) is 21.6 Å². The van der Waals surface area contributed by atoms with Crippen LogP contribution in [0.5, 0.6) is 11.5 Å². The summed E-state index contributed by atoms with van der Waals surface area (Å²) in [6.45, 7) is 0. The Hall–Kier alpha value is -3.64. The molecule has 0 saturated carbocycles. The molecule has 0 spiro atoms. The summed E-state index contributed by atoms with van der Waals surface area (Å²) in [5, 5.41) is 24.2. The van der Waals surface area contributed by atoms with Gasteiger partial charge >= 0.3 is 0 Å². The fourth-order valence-corrected chi connectivity index (χ4v) is 3.20. The highest BCUT2D eigenvalue weighted by molar-refractivity contribution is 6.30. The molecule has 2 heterocycles. The summed E-state index contributed by atoms with van der Waals surface area (Å²) in [4.78, 5) is 0. The van der Waals surface area contributed by atoms with Crippen molar-refractivity contribution in [2.45, 2.75) is 12.8 Å². The zero-order valence-electron chi connectivity index (χ0n) is 15.0. The second-order valence-corrected chi connectivity index (χ2v) is 6.73. The molecule has 0 saturated heterocycles. The van der Waals surface area contributed by atoms with E-state index < -0.39 is 23.6 Å². The Morgan fingerprint density at radius 2 is 2.03 bits per heavy atom. The number of benzene rings is 2. The van der Waals surface area contributed by atoms with Gasteiger partial charge in [-0.2, -0.15) is 15.5 Å². The van der Waals surface area contributed by atoms with Crippen LogP contribution in [0.4, 0.5) is 13.2 Å². The van der Waals surface area contributed by atoms with Crippen LogP contribution < -0.4 is 4.74 Å². The molecule has 30 heavy (non-hydrogen) atoms. The topological polar surface area (TPSA) is 87.5 Å². The molecule has 4 rings (SSSR count). The maximum absolute atomic E-state index is 15.2. The van der Waals surface area contributed by atoms with Crippen LogP contribution in [0.3, 0.4) is 0 Å². The summed E-state index contributed by atoms with van der Waals surface area (Å²) in [5.74, 6) is -1.60. The second kappa shape index (κ2) is 8.00. The molecule has 1 N–H and O–H groups in total. The molecule has 0 atom stereocenters. The average Bonchev–Trinajstić information content (AvgIpc) is 3.13. The minimum atomic E-state index is -2.97. The molecule has 4 aromatic rings. The Labute approximate surface area is 172 Å². The molecule has 6 nitrogen and oxygen atoms in total. The third-order valence-corrected chi connectivity index (χ3v) is 4.57. The zero-order chi connectivity index (χ0) is 21.3. The van der Waals surface area contributed by atoms with Gasteiger partial charge in [0.1, 0.15) is 5.75 Å². The standard InChI is InChI=1S/C20H11ClF3N5O/c21-12-5-10(9-25)6-13(8-12)30-18-15(19(23)24)2-1-11(17(18)22)7-16-14-3-4-26-28-20(14)29-27-16/h1-6,8,19H,7H2,(H,27,28,29). The van der Waals surface area contributed by atoms with Crippen molar-refractivity contribution in [1.82, 2.24) is 20.4 Å². The normalized spacial score (nSPS) is 11.1. The predicted molar refractivity (Wildman–Crippen MR) is 102 cm³/mol. The van der Waals surface area contributed by atoms with E-state index in [0.29, 0.717) is 16.7 Å². The molecule has 0 amide bonds. The number of aromatic amines is 1. The number of H-pyrrole nitrogens is 1. The smallest absolute Gasteiger partial charge is 0.267 e. The molecule has 0 fully saturated rings. The molecule has 0 bridgehead atoms. The number of nitrogens with zero attached hydrogens (tertiary/aromatic N) is 4. The van der Waals surface area contributed by atoms with Gasteiger partial charge in [0.15, 0.2) is 11.6 Å². The number of fused-ring (bicyclic) bond motifs is 1. The van der Waals surface area contributed by atoms with Crippen LogP contribution in [0.15, 0.2) is 42.6 Å². The van der Waals surface area contributed by atoms with E-state index in [0.717, 1.165) is 6.07 Å². The van der Waals surface area contributed by atoms with Crippen molar-refractivity contribution in [3.63, 3.8) is 0 Å². The number of aromatic nitrogens is 4. The summed E-state index contributed by atoms with van der Waals surface area (Å²) in [7, 11) is 0. The maximum Gasteiger partial charge on any atom is 0.267 e. The number of nitrogens with one attached hydrogen (secondary N) is 1. The minimum Gasteiger partial charge on any atom is -0.454 e. The van der Waals surface area contributed by atoms with Crippen LogP contribution in [0.25, 0.3) is 11.0 Å². The average molecular weight is 430 g/mol. The van der Waals surface area contributed by atoms with E-state index in [-0.39, 0.29) is 28.3 Å². The molecule has 0 aliphatic carbocycles. The van der Waals surface area contributed by atoms with Crippen LogP contribution in [0.2, 0.25) is 5.02 Å². The first-order chi connectivity index (χ1) is 14.5. The Kier molecular flexibility index (Phi) is 5.25. The SMILES string of the molecule is N#Cc1cc(Cl)cc(Oc2c(C(F)F)ccc(Cc3[nH]nc4nnccc34)c2F)c1. The highest BCUT2D eigenvalue weighted by Crippen LogP contribution is 2.38. The van der Waals surface area contributed by atoms with E-state index in [1.165, 1.54) is 30.5 Å². The predicted octanol–water partition coefficient (Wildman–Crippen LogP) is 5.34. The Morgan fingerprint density at radius 1 is 1.20 bits per heavy atom. The molecule has 150 valence electrons. The third-order valence-electron chi connectivity index (χ3n) is 4.35. The second-order valence-electron chi connectivity index (χ2n) is 6.29. The van der Waals surface area contributed by atoms with E-state index >= 15 is 4.39 Å². The Morgan fingerprint density at radius 3 is 2.80 bits per heavy atom. The molecule has 2 aromatic carbocycles. The van der Waals surface area contributed by atoms with Crippen molar-refractivity contribution in [3.05, 3.63) is 75.8 Å². The lowest BCUT2D eigenvalue weighted by Gasteiger charge is -2.15. The molecule has 0 aliphatic heterocycles. The highest BCUT2D eigenvalue weighted by atomic mass is 35.5. The van der Waals surface area contributed by atoms with Gasteiger partial charge in [-0.15, -0.1) is 5.10 Å². The van der Waals surface area contributed by atoms with E-state index in [9.17, 15) is 8.78 Å². The van der Waals surface area contributed by atoms with Crippen molar-refractivity contribution >= 4 is 22.6 Å². The monoisotopic (exact) mass is 429 g/mol. The first-order valence-electron chi connectivity index (χ1n) is 8.59. The van der Waals surface area contributed by atoms with Gasteiger partial charge in [-0.05, 0) is 35.9 Å². The number of rotatable bonds is 5. The van der Waals surface area contributed by atoms with Crippen molar-refractivity contribution in [1.29, 1.82) is 5.26 Å². The van der Waals surface area contributed by atoms with Crippen LogP contribution in [-0.2, 0) is 6.42 Å². The van der Waals surface area contributed by atoms with Gasteiger partial charge in [0.2, 0.25) is 5.65 Å². The van der Waals surface area contributed by atoms with Crippen molar-refractivity contribution in [2.24, 2.45) is 0 Å². The molecule has 0 aliphatic rings. The van der Waals surface area contributed by atoms with Gasteiger partial charge in [-0.3, -0.25) is 5.10 Å². The minimum absolute atomic E-state index is 0.0285. The first kappa shape index (κ1) is 19.7. The van der Waals surface area contributed by atoms with Crippen molar-refractivity contribution in [3.8, 4) is 17.6 Å². The van der Waals surface area contributed by atoms with Crippen LogP contribution in [-0.4, -0.2) is 20.4 Å². The van der Waals surface area contributed by atoms with Crippen LogP contribution in [0.1, 0.15) is 28.8 Å². The molecular weight excluding hydrogens is 419 g/mol. The summed E-state index contributed by atoms with van der Waals surface area (Å²) >= 11 is 5.92. The van der Waals surface area contributed by atoms with Gasteiger partial charge in [-0.1, -0.05) is 17.7 Å². The highest BCUT2D eigenvalue weighted by Gasteiger charge is 2.23. The van der Waals surface area contributed by atoms with E-state index in [1.54, 1.807) is 6.07 Å². The molecule has 2 aromatic heterocycles. The van der Waals surface area contributed by atoms with E-state index in [2.05, 4.69) is 20.4 Å². The lowest BCUT2D eigenvalue weighted by Crippen LogP contribution is -2.02. The zero-order valence-corrected chi connectivity index (χ0v) is 15.8. The number of hydrogen-bond donors (Lipinski definition) is 1. The van der Waals surface area contributed by atoms with E-state index in [1.807, 2.05) is 6.07 Å². The largest absolute Gasteiger partial charge is 0.454 e. The van der Waals surface area contributed by atoms with Gasteiger partial charge in [0, 0.05) is 22.5 Å². The number of halogens is 4. The lowest BCUT2D eigenvalue weighted by atomic mass is 10.0. The lowest BCUT2D eigenvalue weighted by molar-refractivity contribution is 0.147. The summed E-state index contributed by atoms with van der Waals surface area (Å²) in [6.07, 6.45) is -1.47. The number of ether oxygens (including phenoxy) is 1. The number of nitriles is 1. The van der Waals surface area contributed by atoms with Gasteiger partial charge in [-0.25, -0.2) is 13.2 Å². The summed E-state index contributed by atoms with van der Waals surface area (Å²) in [5.41, 5.74) is 0.549. The third kappa shape index (κ3) is 3.77. The number of alkyl halides is 2. The summed E-state index contributed by atoms with van der Waals surface area (Å²) < 4.78 is 47.7. The summed E-state index contributed by atoms with van der Waals surface area (Å²) in [6, 6.07) is 9.89. The van der Waals surface area contributed by atoms with Gasteiger partial charge in [0.25, 0.3) is 6.43 Å². The Bertz CT molecular complexity index is 1290. The van der Waals surface area contributed by atoms with Crippen LogP contribution >= 0.6 is 11.6 Å². The Balaban J connectivity index is 1.76. The molecule has 0 unspecified atom stereocenters. The molecular formula is C20H11ClF3N5O. The van der Waals surface area contributed by atoms with Gasteiger partial charge in [0.05, 0.1) is 23.4 Å². The van der Waals surface area contributed by atoms with Crippen LogP contribution in [0, 0.1) is 17.1 Å². The molecule has 0 radical (unpaired) electrons. The maximum atomic E-state index is 15.2. The number of hydrogen-bond acceptors (Lipinski definition) is 5. The van der Waals surface area contributed by atoms with Crippen molar-refractivity contribution < 1.29 is 17.9 Å². The quantitative estimate of drug-likeness (QED) is 0.462. The van der Waals surface area contributed by atoms with Crippen molar-refractivity contribution in [2.75, 3.05) is 0 Å². The fraction of sp³-hybridized carbons (Fsp3) is 0.100. The molecule has 10 heteroatoms. The fourth-order valence-electron chi connectivity index (χ4n) is 2.98.